The minimum atomic E-state index is 1.09. The second-order valence-corrected chi connectivity index (χ2v) is 5.25. The average molecular weight is 290 g/mol. The van der Waals surface area contributed by atoms with Gasteiger partial charge >= 0.3 is 0 Å². The van der Waals surface area contributed by atoms with Crippen molar-refractivity contribution in [2.45, 2.75) is 27.2 Å². The Morgan fingerprint density at radius 2 is 1.50 bits per heavy atom. The lowest BCUT2D eigenvalue weighted by molar-refractivity contribution is 1.23. The van der Waals surface area contributed by atoms with Gasteiger partial charge in [-0.3, -0.25) is 0 Å². The lowest BCUT2D eigenvalue weighted by Crippen LogP contribution is -1.80. The van der Waals surface area contributed by atoms with Gasteiger partial charge in [0.05, 0.1) is 0 Å². The summed E-state index contributed by atoms with van der Waals surface area (Å²) in [5.74, 6) is 0. The smallest absolute Gasteiger partial charge is 0.0233 e. The van der Waals surface area contributed by atoms with Crippen molar-refractivity contribution in [3.05, 3.63) is 89.5 Å². The molecular formula is C22H26. The molecule has 2 aromatic carbocycles. The number of rotatable bonds is 4. The van der Waals surface area contributed by atoms with E-state index in [1.165, 1.54) is 27.8 Å². The molecule has 0 radical (unpaired) electrons. The summed E-state index contributed by atoms with van der Waals surface area (Å²) in [5.41, 5.74) is 6.26. The largest absolute Gasteiger partial charge is 0.0985 e. The van der Waals surface area contributed by atoms with Crippen LogP contribution in [0, 0.1) is 13.8 Å². The third kappa shape index (κ3) is 5.97. The van der Waals surface area contributed by atoms with Gasteiger partial charge in [-0.2, -0.15) is 0 Å². The molecule has 22 heavy (non-hydrogen) atoms. The Hall–Kier alpha value is -2.34. The van der Waals surface area contributed by atoms with Crippen molar-refractivity contribution in [1.29, 1.82) is 0 Å². The summed E-state index contributed by atoms with van der Waals surface area (Å²) in [6, 6.07) is 14.7. The molecule has 2 aromatic rings. The SMILES string of the molecule is C=Cc1ccc(C)cc1C.C=Cc1ccc(C=CCC)cc1. The van der Waals surface area contributed by atoms with Crippen LogP contribution in [0.15, 0.2) is 61.7 Å². The van der Waals surface area contributed by atoms with E-state index in [2.05, 4.69) is 88.5 Å². The summed E-state index contributed by atoms with van der Waals surface area (Å²) < 4.78 is 0. The molecule has 2 rings (SSSR count). The van der Waals surface area contributed by atoms with E-state index in [1.807, 2.05) is 12.2 Å². The van der Waals surface area contributed by atoms with Gasteiger partial charge in [-0.15, -0.1) is 0 Å². The zero-order chi connectivity index (χ0) is 16.4. The molecule has 0 fully saturated rings. The molecular weight excluding hydrogens is 264 g/mol. The molecule has 0 amide bonds. The second-order valence-electron chi connectivity index (χ2n) is 5.25. The molecule has 0 N–H and O–H groups in total. The van der Waals surface area contributed by atoms with Gasteiger partial charge in [0.25, 0.3) is 0 Å². The normalized spacial score (nSPS) is 9.95. The monoisotopic (exact) mass is 290 g/mol. The maximum Gasteiger partial charge on any atom is -0.0233 e. The van der Waals surface area contributed by atoms with Crippen LogP contribution in [-0.4, -0.2) is 0 Å². The highest BCUT2D eigenvalue weighted by Crippen LogP contribution is 2.10. The Bertz CT molecular complexity index is 628. The lowest BCUT2D eigenvalue weighted by atomic mass is 10.1. The van der Waals surface area contributed by atoms with E-state index in [9.17, 15) is 0 Å². The van der Waals surface area contributed by atoms with Crippen LogP contribution < -0.4 is 0 Å². The maximum absolute atomic E-state index is 3.72. The van der Waals surface area contributed by atoms with Crippen molar-refractivity contribution in [2.24, 2.45) is 0 Å². The minimum Gasteiger partial charge on any atom is -0.0985 e. The van der Waals surface area contributed by atoms with Gasteiger partial charge < -0.3 is 0 Å². The predicted octanol–water partition coefficient (Wildman–Crippen LogP) is 6.70. The van der Waals surface area contributed by atoms with E-state index in [0.29, 0.717) is 0 Å². The van der Waals surface area contributed by atoms with Crippen molar-refractivity contribution in [2.75, 3.05) is 0 Å². The Labute approximate surface area is 135 Å². The van der Waals surface area contributed by atoms with Crippen LogP contribution in [-0.2, 0) is 0 Å². The molecule has 0 atom stereocenters. The van der Waals surface area contributed by atoms with E-state index >= 15 is 0 Å². The van der Waals surface area contributed by atoms with Gasteiger partial charge in [0.1, 0.15) is 0 Å². The molecule has 114 valence electrons. The van der Waals surface area contributed by atoms with Crippen molar-refractivity contribution in [1.82, 2.24) is 0 Å². The molecule has 0 aliphatic rings. The Kier molecular flexibility index (Phi) is 7.70. The number of allylic oxidation sites excluding steroid dienone is 1. The lowest BCUT2D eigenvalue weighted by Gasteiger charge is -1.99. The summed E-state index contributed by atoms with van der Waals surface area (Å²) >= 11 is 0. The summed E-state index contributed by atoms with van der Waals surface area (Å²) in [6.45, 7) is 13.8. The molecule has 0 heterocycles. The third-order valence-electron chi connectivity index (χ3n) is 3.36. The quantitative estimate of drug-likeness (QED) is 0.587. The fourth-order valence-electron chi connectivity index (χ4n) is 2.05. The van der Waals surface area contributed by atoms with Crippen LogP contribution in [0.4, 0.5) is 0 Å². The molecule has 0 nitrogen and oxygen atoms in total. The van der Waals surface area contributed by atoms with E-state index in [-0.39, 0.29) is 0 Å². The van der Waals surface area contributed by atoms with E-state index < -0.39 is 0 Å². The Morgan fingerprint density at radius 1 is 0.864 bits per heavy atom. The van der Waals surface area contributed by atoms with Gasteiger partial charge in [0.15, 0.2) is 0 Å². The molecule has 0 aliphatic heterocycles. The molecule has 0 spiro atoms. The molecule has 0 saturated heterocycles. The maximum atomic E-state index is 3.72. The van der Waals surface area contributed by atoms with Crippen molar-refractivity contribution < 1.29 is 0 Å². The van der Waals surface area contributed by atoms with Crippen LogP contribution in [0.25, 0.3) is 18.2 Å². The van der Waals surface area contributed by atoms with E-state index in [1.54, 1.807) is 0 Å². The van der Waals surface area contributed by atoms with Gasteiger partial charge in [-0.25, -0.2) is 0 Å². The van der Waals surface area contributed by atoms with Gasteiger partial charge in [0.2, 0.25) is 0 Å². The second kappa shape index (κ2) is 9.57. The zero-order valence-corrected chi connectivity index (χ0v) is 14.0. The first-order valence-corrected chi connectivity index (χ1v) is 7.69. The van der Waals surface area contributed by atoms with Crippen LogP contribution in [0.1, 0.15) is 41.2 Å². The van der Waals surface area contributed by atoms with Gasteiger partial charge in [-0.05, 0) is 42.5 Å². The molecule has 0 aliphatic carbocycles. The fourth-order valence-corrected chi connectivity index (χ4v) is 2.05. The molecule has 0 bridgehead atoms. The topological polar surface area (TPSA) is 0 Å². The van der Waals surface area contributed by atoms with Gasteiger partial charge in [-0.1, -0.05) is 92.4 Å². The highest BCUT2D eigenvalue weighted by atomic mass is 14.0. The van der Waals surface area contributed by atoms with Crippen LogP contribution in [0.2, 0.25) is 0 Å². The first-order valence-electron chi connectivity index (χ1n) is 7.69. The average Bonchev–Trinajstić information content (AvgIpc) is 2.54. The predicted molar refractivity (Wildman–Crippen MR) is 102 cm³/mol. The minimum absolute atomic E-state index is 1.09. The Morgan fingerprint density at radius 3 is 2.00 bits per heavy atom. The first kappa shape index (κ1) is 17.7. The van der Waals surface area contributed by atoms with Crippen molar-refractivity contribution in [3.63, 3.8) is 0 Å². The number of hydrogen-bond donors (Lipinski definition) is 0. The van der Waals surface area contributed by atoms with Gasteiger partial charge in [0, 0.05) is 0 Å². The highest BCUT2D eigenvalue weighted by Gasteiger charge is 1.91. The molecule has 0 aromatic heterocycles. The number of benzene rings is 2. The summed E-state index contributed by atoms with van der Waals surface area (Å²) in [7, 11) is 0. The molecule has 0 saturated carbocycles. The van der Waals surface area contributed by atoms with Crippen LogP contribution in [0.3, 0.4) is 0 Å². The third-order valence-corrected chi connectivity index (χ3v) is 3.36. The van der Waals surface area contributed by atoms with Crippen LogP contribution in [0.5, 0.6) is 0 Å². The summed E-state index contributed by atoms with van der Waals surface area (Å²) in [4.78, 5) is 0. The van der Waals surface area contributed by atoms with Crippen molar-refractivity contribution >= 4 is 18.2 Å². The molecule has 0 heteroatoms. The van der Waals surface area contributed by atoms with Crippen molar-refractivity contribution in [3.8, 4) is 0 Å². The first-order chi connectivity index (χ1) is 10.6. The Balaban J connectivity index is 0.000000224. The zero-order valence-electron chi connectivity index (χ0n) is 14.0. The molecule has 0 unspecified atom stereocenters. The number of hydrogen-bond acceptors (Lipinski definition) is 0. The summed E-state index contributed by atoms with van der Waals surface area (Å²) in [5, 5.41) is 0. The van der Waals surface area contributed by atoms with E-state index in [0.717, 1.165) is 6.42 Å². The standard InChI is InChI=1S/C12H14.C10H12/c1-3-5-6-12-9-7-11(4-2)8-10-12;1-4-10-6-5-8(2)7-9(10)3/h4-10H,2-3H2,1H3;4-7H,1H2,2-3H3. The highest BCUT2D eigenvalue weighted by molar-refractivity contribution is 5.54. The number of aryl methyl sites for hydroxylation is 2. The summed E-state index contributed by atoms with van der Waals surface area (Å²) in [6.07, 6.45) is 9.11. The van der Waals surface area contributed by atoms with E-state index in [4.69, 9.17) is 0 Å². The van der Waals surface area contributed by atoms with Crippen LogP contribution >= 0.6 is 0 Å². The fraction of sp³-hybridized carbons (Fsp3) is 0.182.